The van der Waals surface area contributed by atoms with E-state index >= 15 is 0 Å². The van der Waals surface area contributed by atoms with Crippen LogP contribution in [0.15, 0.2) is 66.1 Å². The van der Waals surface area contributed by atoms with Crippen molar-refractivity contribution in [2.75, 3.05) is 11.1 Å². The Balaban J connectivity index is 1.50. The van der Waals surface area contributed by atoms with Crippen molar-refractivity contribution in [2.45, 2.75) is 5.03 Å². The number of hydrogen-bond donors (Lipinski definition) is 1. The van der Waals surface area contributed by atoms with Gasteiger partial charge in [-0.2, -0.15) is 5.10 Å². The predicted octanol–water partition coefficient (Wildman–Crippen LogP) is 3.82. The van der Waals surface area contributed by atoms with Crippen LogP contribution in [0.3, 0.4) is 0 Å². The number of fused-ring (bicyclic) bond motifs is 1. The lowest BCUT2D eigenvalue weighted by Gasteiger charge is -2.06. The molecule has 6 nitrogen and oxygen atoms in total. The number of hydrogen-bond acceptors (Lipinski definition) is 5. The second-order valence-corrected chi connectivity index (χ2v) is 6.74. The first-order chi connectivity index (χ1) is 13.6. The Morgan fingerprint density at radius 1 is 1.07 bits per heavy atom. The predicted molar refractivity (Wildman–Crippen MR) is 102 cm³/mol. The van der Waals surface area contributed by atoms with E-state index in [1.54, 1.807) is 10.9 Å². The number of rotatable bonds is 5. The molecule has 0 aliphatic carbocycles. The van der Waals surface area contributed by atoms with E-state index < -0.39 is 11.6 Å². The van der Waals surface area contributed by atoms with Crippen LogP contribution >= 0.6 is 11.8 Å². The SMILES string of the molecule is O=C(CSc1ncnc2c1cnn2-c1ccccc1)Nc1ccc(F)c(F)c1. The summed E-state index contributed by atoms with van der Waals surface area (Å²) in [7, 11) is 0. The number of benzene rings is 2. The maximum atomic E-state index is 13.2. The van der Waals surface area contributed by atoms with Gasteiger partial charge in [-0.25, -0.2) is 23.4 Å². The highest BCUT2D eigenvalue weighted by atomic mass is 32.2. The van der Waals surface area contributed by atoms with Crippen LogP contribution in [-0.4, -0.2) is 31.4 Å². The van der Waals surface area contributed by atoms with Gasteiger partial charge in [-0.15, -0.1) is 0 Å². The standard InChI is InChI=1S/C19H13F2N5OS/c20-15-7-6-12(8-16(15)21)25-17(27)10-28-19-14-9-24-26(18(14)22-11-23-19)13-4-2-1-3-5-13/h1-9,11H,10H2,(H,25,27). The maximum absolute atomic E-state index is 13.2. The van der Waals surface area contributed by atoms with Gasteiger partial charge in [-0.1, -0.05) is 30.0 Å². The zero-order valence-electron chi connectivity index (χ0n) is 14.3. The number of aromatic nitrogens is 4. The third-order valence-electron chi connectivity index (χ3n) is 3.87. The van der Waals surface area contributed by atoms with E-state index in [9.17, 15) is 13.6 Å². The van der Waals surface area contributed by atoms with Crippen molar-refractivity contribution in [3.8, 4) is 5.69 Å². The molecule has 0 fully saturated rings. The highest BCUT2D eigenvalue weighted by Gasteiger charge is 2.13. The van der Waals surface area contributed by atoms with Crippen LogP contribution in [0.1, 0.15) is 0 Å². The van der Waals surface area contributed by atoms with Gasteiger partial charge < -0.3 is 5.32 Å². The molecule has 0 spiro atoms. The summed E-state index contributed by atoms with van der Waals surface area (Å²) < 4.78 is 27.9. The molecule has 1 N–H and O–H groups in total. The zero-order valence-corrected chi connectivity index (χ0v) is 15.2. The molecule has 2 aromatic carbocycles. The summed E-state index contributed by atoms with van der Waals surface area (Å²) in [6, 6.07) is 12.7. The van der Waals surface area contributed by atoms with Crippen LogP contribution in [-0.2, 0) is 4.79 Å². The number of carbonyl (C=O) groups excluding carboxylic acids is 1. The van der Waals surface area contributed by atoms with Crippen molar-refractivity contribution in [1.29, 1.82) is 0 Å². The molecule has 9 heteroatoms. The Hall–Kier alpha value is -3.33. The average molecular weight is 397 g/mol. The number of thioether (sulfide) groups is 1. The van der Waals surface area contributed by atoms with E-state index in [1.165, 1.54) is 24.2 Å². The molecular formula is C19H13F2N5OS. The molecule has 0 bridgehead atoms. The Morgan fingerprint density at radius 2 is 1.89 bits per heavy atom. The molecular weight excluding hydrogens is 384 g/mol. The minimum absolute atomic E-state index is 0.0433. The second-order valence-electron chi connectivity index (χ2n) is 5.77. The van der Waals surface area contributed by atoms with Gasteiger partial charge in [0.15, 0.2) is 17.3 Å². The van der Waals surface area contributed by atoms with Crippen molar-refractivity contribution < 1.29 is 13.6 Å². The Morgan fingerprint density at radius 3 is 2.68 bits per heavy atom. The smallest absolute Gasteiger partial charge is 0.234 e. The lowest BCUT2D eigenvalue weighted by molar-refractivity contribution is -0.113. The highest BCUT2D eigenvalue weighted by molar-refractivity contribution is 8.00. The van der Waals surface area contributed by atoms with Crippen molar-refractivity contribution >= 4 is 34.4 Å². The monoisotopic (exact) mass is 397 g/mol. The van der Waals surface area contributed by atoms with Crippen molar-refractivity contribution in [3.63, 3.8) is 0 Å². The molecule has 0 aliphatic rings. The fraction of sp³-hybridized carbons (Fsp3) is 0.0526. The Bertz CT molecular complexity index is 1150. The first-order valence-corrected chi connectivity index (χ1v) is 9.22. The molecule has 140 valence electrons. The van der Waals surface area contributed by atoms with Crippen LogP contribution < -0.4 is 5.32 Å². The second kappa shape index (κ2) is 7.73. The van der Waals surface area contributed by atoms with Crippen LogP contribution in [0.2, 0.25) is 0 Å². The summed E-state index contributed by atoms with van der Waals surface area (Å²) in [5.41, 5.74) is 1.68. The van der Waals surface area contributed by atoms with Gasteiger partial charge in [-0.3, -0.25) is 4.79 Å². The minimum atomic E-state index is -1.02. The number of para-hydroxylation sites is 1. The lowest BCUT2D eigenvalue weighted by atomic mass is 10.3. The van der Waals surface area contributed by atoms with E-state index in [0.717, 1.165) is 23.2 Å². The summed E-state index contributed by atoms with van der Waals surface area (Å²) in [6.07, 6.45) is 3.07. The molecule has 0 saturated carbocycles. The summed E-state index contributed by atoms with van der Waals surface area (Å²) in [6.45, 7) is 0. The van der Waals surface area contributed by atoms with E-state index in [0.29, 0.717) is 10.7 Å². The first-order valence-electron chi connectivity index (χ1n) is 8.23. The molecule has 1 amide bonds. The van der Waals surface area contributed by atoms with Crippen molar-refractivity contribution in [2.24, 2.45) is 0 Å². The summed E-state index contributed by atoms with van der Waals surface area (Å²) in [5.74, 6) is -2.30. The molecule has 0 radical (unpaired) electrons. The van der Waals surface area contributed by atoms with Crippen LogP contribution in [0.25, 0.3) is 16.7 Å². The number of nitrogens with zero attached hydrogens (tertiary/aromatic N) is 4. The normalized spacial score (nSPS) is 10.9. The first kappa shape index (κ1) is 18.1. The number of carbonyl (C=O) groups is 1. The quantitative estimate of drug-likeness (QED) is 0.409. The number of halogens is 2. The maximum Gasteiger partial charge on any atom is 0.234 e. The molecule has 2 heterocycles. The average Bonchev–Trinajstić information content (AvgIpc) is 3.15. The lowest BCUT2D eigenvalue weighted by Crippen LogP contribution is -2.14. The summed E-state index contributed by atoms with van der Waals surface area (Å²) in [5, 5.41) is 8.21. The van der Waals surface area contributed by atoms with Gasteiger partial charge >= 0.3 is 0 Å². The van der Waals surface area contributed by atoms with Gasteiger partial charge in [0, 0.05) is 11.8 Å². The Kier molecular flexibility index (Phi) is 4.98. The van der Waals surface area contributed by atoms with Crippen molar-refractivity contribution in [3.05, 3.63) is 72.7 Å². The molecule has 0 unspecified atom stereocenters. The van der Waals surface area contributed by atoms with E-state index in [4.69, 9.17) is 0 Å². The number of anilines is 1. The molecule has 0 saturated heterocycles. The van der Waals surface area contributed by atoms with Crippen LogP contribution in [0, 0.1) is 11.6 Å². The highest BCUT2D eigenvalue weighted by Crippen LogP contribution is 2.26. The van der Waals surface area contributed by atoms with Crippen LogP contribution in [0.5, 0.6) is 0 Å². The zero-order chi connectivity index (χ0) is 19.5. The minimum Gasteiger partial charge on any atom is -0.325 e. The summed E-state index contributed by atoms with van der Waals surface area (Å²) in [4.78, 5) is 20.6. The van der Waals surface area contributed by atoms with E-state index in [-0.39, 0.29) is 17.3 Å². The molecule has 0 atom stereocenters. The third kappa shape index (κ3) is 3.70. The van der Waals surface area contributed by atoms with Crippen molar-refractivity contribution in [1.82, 2.24) is 19.7 Å². The molecule has 0 aliphatic heterocycles. The van der Waals surface area contributed by atoms with Gasteiger partial charge in [0.1, 0.15) is 11.4 Å². The largest absolute Gasteiger partial charge is 0.325 e. The number of amides is 1. The molecule has 2 aromatic heterocycles. The fourth-order valence-electron chi connectivity index (χ4n) is 2.60. The van der Waals surface area contributed by atoms with E-state index in [2.05, 4.69) is 20.4 Å². The third-order valence-corrected chi connectivity index (χ3v) is 4.88. The topological polar surface area (TPSA) is 72.7 Å². The van der Waals surface area contributed by atoms with Gasteiger partial charge in [0.25, 0.3) is 0 Å². The summed E-state index contributed by atoms with van der Waals surface area (Å²) >= 11 is 1.21. The van der Waals surface area contributed by atoms with Gasteiger partial charge in [0.2, 0.25) is 5.91 Å². The van der Waals surface area contributed by atoms with Crippen LogP contribution in [0.4, 0.5) is 14.5 Å². The molecule has 28 heavy (non-hydrogen) atoms. The number of nitrogens with one attached hydrogen (secondary N) is 1. The van der Waals surface area contributed by atoms with Gasteiger partial charge in [-0.05, 0) is 24.3 Å². The van der Waals surface area contributed by atoms with Gasteiger partial charge in [0.05, 0.1) is 23.0 Å². The molecule has 4 rings (SSSR count). The Labute approximate surface area is 162 Å². The van der Waals surface area contributed by atoms with E-state index in [1.807, 2.05) is 30.3 Å². The molecule has 4 aromatic rings. The fourth-order valence-corrected chi connectivity index (χ4v) is 3.36.